The summed E-state index contributed by atoms with van der Waals surface area (Å²) in [5.74, 6) is -2.21. The van der Waals surface area contributed by atoms with Gasteiger partial charge in [-0.05, 0) is 54.9 Å². The van der Waals surface area contributed by atoms with E-state index in [9.17, 15) is 24.9 Å². The van der Waals surface area contributed by atoms with E-state index in [1.165, 1.54) is 0 Å². The quantitative estimate of drug-likeness (QED) is 0.631. The number of ketones is 1. The molecule has 2 bridgehead atoms. The number of aliphatic hydroxyl groups excluding tert-OH is 2. The van der Waals surface area contributed by atoms with Crippen LogP contribution in [0.3, 0.4) is 0 Å². The minimum Gasteiger partial charge on any atom is -0.481 e. The van der Waals surface area contributed by atoms with Crippen LogP contribution in [0.1, 0.15) is 52.4 Å². The summed E-state index contributed by atoms with van der Waals surface area (Å²) in [5.41, 5.74) is -2.25. The lowest BCUT2D eigenvalue weighted by atomic mass is 9.39. The number of hydrogen-bond acceptors (Lipinski definition) is 4. The molecule has 0 saturated heterocycles. The van der Waals surface area contributed by atoms with Crippen molar-refractivity contribution in [3.63, 3.8) is 0 Å². The highest BCUT2D eigenvalue weighted by Gasteiger charge is 2.76. The molecule has 4 rings (SSSR count). The normalized spacial score (nSPS) is 51.0. The van der Waals surface area contributed by atoms with Gasteiger partial charge >= 0.3 is 5.97 Å². The molecule has 0 amide bonds. The first-order chi connectivity index (χ1) is 11.6. The monoisotopic (exact) mass is 348 g/mol. The van der Waals surface area contributed by atoms with Gasteiger partial charge in [-0.3, -0.25) is 9.59 Å². The molecule has 4 aliphatic carbocycles. The van der Waals surface area contributed by atoms with E-state index in [1.54, 1.807) is 0 Å². The van der Waals surface area contributed by atoms with Crippen LogP contribution in [0.2, 0.25) is 0 Å². The van der Waals surface area contributed by atoms with Crippen LogP contribution in [-0.2, 0) is 9.59 Å². The number of carbonyl (C=O) groups excluding carboxylic acids is 1. The average molecular weight is 348 g/mol. The second-order valence-corrected chi connectivity index (χ2v) is 9.46. The zero-order valence-corrected chi connectivity index (χ0v) is 15.0. The molecule has 0 radical (unpaired) electrons. The van der Waals surface area contributed by atoms with Gasteiger partial charge in [0, 0.05) is 5.92 Å². The number of Topliss-reactive ketones (excluding diaryl/α,β-unsaturated/α-hetero) is 1. The molecule has 138 valence electrons. The van der Waals surface area contributed by atoms with E-state index < -0.39 is 34.9 Å². The molecule has 0 aromatic carbocycles. The van der Waals surface area contributed by atoms with Crippen molar-refractivity contribution in [1.82, 2.24) is 0 Å². The largest absolute Gasteiger partial charge is 0.481 e. The maximum Gasteiger partial charge on any atom is 0.310 e. The molecular formula is C20H28O5. The summed E-state index contributed by atoms with van der Waals surface area (Å²) in [7, 11) is 0. The topological polar surface area (TPSA) is 94.8 Å². The Labute approximate surface area is 148 Å². The molecule has 3 N–H and O–H groups in total. The first kappa shape index (κ1) is 17.2. The molecular weight excluding hydrogens is 320 g/mol. The van der Waals surface area contributed by atoms with Crippen molar-refractivity contribution in [2.75, 3.05) is 0 Å². The summed E-state index contributed by atoms with van der Waals surface area (Å²) in [6.45, 7) is 8.04. The number of hydrogen-bond donors (Lipinski definition) is 3. The molecule has 5 nitrogen and oxygen atoms in total. The third-order valence-electron chi connectivity index (χ3n) is 8.35. The standard InChI is InChI=1S/C20H28O5/c1-10-11-5-6-12-19(17(24)25)8-4-7-18(2,3)13(19)9-14(21)20(12,15(10)22)16(11)23/h11-14,16,21,23H,1,4-9H2,2-3H3,(H,24,25)/t11-,12-,13+,14+,16+,19+,20-/m0/s1. The number of fused-ring (bicyclic) bond motifs is 3. The van der Waals surface area contributed by atoms with Gasteiger partial charge in [0.05, 0.1) is 23.0 Å². The highest BCUT2D eigenvalue weighted by molar-refractivity contribution is 6.05. The molecule has 7 atom stereocenters. The van der Waals surface area contributed by atoms with Crippen molar-refractivity contribution in [2.45, 2.75) is 64.6 Å². The maximum absolute atomic E-state index is 13.2. The van der Waals surface area contributed by atoms with Gasteiger partial charge in [-0.15, -0.1) is 0 Å². The Balaban J connectivity index is 1.95. The molecule has 1 spiro atoms. The van der Waals surface area contributed by atoms with Crippen LogP contribution in [0.4, 0.5) is 0 Å². The summed E-state index contributed by atoms with van der Waals surface area (Å²) >= 11 is 0. The van der Waals surface area contributed by atoms with E-state index in [2.05, 4.69) is 20.4 Å². The molecule has 0 aromatic rings. The van der Waals surface area contributed by atoms with Gasteiger partial charge in [0.15, 0.2) is 5.78 Å². The molecule has 0 heterocycles. The Morgan fingerprint density at radius 2 is 1.84 bits per heavy atom. The second kappa shape index (κ2) is 4.95. The maximum atomic E-state index is 13.2. The predicted octanol–water partition coefficient (Wildman–Crippen LogP) is 2.16. The Kier molecular flexibility index (Phi) is 3.41. The average Bonchev–Trinajstić information content (AvgIpc) is 2.65. The molecule has 4 fully saturated rings. The van der Waals surface area contributed by atoms with Crippen molar-refractivity contribution < 1.29 is 24.9 Å². The number of carboxylic acids is 1. The van der Waals surface area contributed by atoms with E-state index >= 15 is 0 Å². The third-order valence-corrected chi connectivity index (χ3v) is 8.35. The van der Waals surface area contributed by atoms with Gasteiger partial charge in [-0.25, -0.2) is 0 Å². The van der Waals surface area contributed by atoms with Crippen molar-refractivity contribution >= 4 is 11.8 Å². The Morgan fingerprint density at radius 1 is 1.16 bits per heavy atom. The zero-order chi connectivity index (χ0) is 18.4. The second-order valence-electron chi connectivity index (χ2n) is 9.46. The lowest BCUT2D eigenvalue weighted by molar-refractivity contribution is -0.235. The van der Waals surface area contributed by atoms with E-state index in [0.717, 1.165) is 12.8 Å². The first-order valence-corrected chi connectivity index (χ1v) is 9.45. The number of aliphatic hydroxyl groups is 2. The van der Waals surface area contributed by atoms with Gasteiger partial charge in [0.1, 0.15) is 0 Å². The molecule has 25 heavy (non-hydrogen) atoms. The molecule has 0 aliphatic heterocycles. The van der Waals surface area contributed by atoms with Crippen LogP contribution in [0.15, 0.2) is 12.2 Å². The molecule has 0 aromatic heterocycles. The van der Waals surface area contributed by atoms with Crippen molar-refractivity contribution in [3.8, 4) is 0 Å². The fourth-order valence-corrected chi connectivity index (χ4v) is 7.30. The van der Waals surface area contributed by atoms with Crippen molar-refractivity contribution in [3.05, 3.63) is 12.2 Å². The van der Waals surface area contributed by atoms with Crippen LogP contribution in [0.25, 0.3) is 0 Å². The highest BCUT2D eigenvalue weighted by Crippen LogP contribution is 2.71. The van der Waals surface area contributed by atoms with Gasteiger partial charge in [-0.1, -0.05) is 26.8 Å². The van der Waals surface area contributed by atoms with Crippen LogP contribution >= 0.6 is 0 Å². The van der Waals surface area contributed by atoms with Gasteiger partial charge < -0.3 is 15.3 Å². The number of carboxylic acid groups (broad SMARTS) is 1. The Bertz CT molecular complexity index is 667. The molecule has 5 heteroatoms. The van der Waals surface area contributed by atoms with E-state index in [0.29, 0.717) is 24.8 Å². The minimum absolute atomic E-state index is 0.192. The molecule has 0 unspecified atom stereocenters. The molecule has 4 aliphatic rings. The summed E-state index contributed by atoms with van der Waals surface area (Å²) < 4.78 is 0. The SMILES string of the molecule is C=C1C(=O)[C@@]23[C@H](O)C[C@@H]4C(C)(C)CCC[C@@]4(C(=O)O)[C@@H]2CC[C@@H]1[C@H]3O. The van der Waals surface area contributed by atoms with Crippen LogP contribution in [0.5, 0.6) is 0 Å². The van der Waals surface area contributed by atoms with Gasteiger partial charge in [0.25, 0.3) is 0 Å². The summed E-state index contributed by atoms with van der Waals surface area (Å²) in [6, 6.07) is 0. The van der Waals surface area contributed by atoms with Crippen molar-refractivity contribution in [1.29, 1.82) is 0 Å². The lowest BCUT2D eigenvalue weighted by Crippen LogP contribution is -2.69. The fraction of sp³-hybridized carbons (Fsp3) is 0.800. The third kappa shape index (κ3) is 1.72. The fourth-order valence-electron chi connectivity index (χ4n) is 7.30. The van der Waals surface area contributed by atoms with Crippen LogP contribution < -0.4 is 0 Å². The van der Waals surface area contributed by atoms with Gasteiger partial charge in [-0.2, -0.15) is 0 Å². The van der Waals surface area contributed by atoms with E-state index in [-0.39, 0.29) is 29.5 Å². The van der Waals surface area contributed by atoms with E-state index in [4.69, 9.17) is 0 Å². The molecule has 4 saturated carbocycles. The van der Waals surface area contributed by atoms with Crippen LogP contribution in [-0.4, -0.2) is 39.3 Å². The smallest absolute Gasteiger partial charge is 0.310 e. The number of aliphatic carboxylic acids is 1. The number of carbonyl (C=O) groups is 2. The first-order valence-electron chi connectivity index (χ1n) is 9.45. The zero-order valence-electron chi connectivity index (χ0n) is 15.0. The highest BCUT2D eigenvalue weighted by atomic mass is 16.4. The number of rotatable bonds is 1. The minimum atomic E-state index is -1.37. The van der Waals surface area contributed by atoms with Crippen LogP contribution in [0, 0.1) is 34.0 Å². The van der Waals surface area contributed by atoms with Gasteiger partial charge in [0.2, 0.25) is 0 Å². The summed E-state index contributed by atoms with van der Waals surface area (Å²) in [5, 5.41) is 32.4. The lowest BCUT2D eigenvalue weighted by Gasteiger charge is -2.64. The van der Waals surface area contributed by atoms with Crippen molar-refractivity contribution in [2.24, 2.45) is 34.0 Å². The Morgan fingerprint density at radius 3 is 2.48 bits per heavy atom. The predicted molar refractivity (Wildman–Crippen MR) is 90.6 cm³/mol. The summed E-state index contributed by atoms with van der Waals surface area (Å²) in [6.07, 6.45) is 1.62. The van der Waals surface area contributed by atoms with E-state index in [1.807, 2.05) is 0 Å². The Hall–Kier alpha value is -1.20. The summed E-state index contributed by atoms with van der Waals surface area (Å²) in [4.78, 5) is 25.8.